The average molecular weight is 468 g/mol. The summed E-state index contributed by atoms with van der Waals surface area (Å²) in [5, 5.41) is 3.74. The fourth-order valence-electron chi connectivity index (χ4n) is 3.51. The van der Waals surface area contributed by atoms with E-state index in [0.29, 0.717) is 26.7 Å². The maximum Gasteiger partial charge on any atom is 0.272 e. The third-order valence-electron chi connectivity index (χ3n) is 5.19. The van der Waals surface area contributed by atoms with Crippen molar-refractivity contribution in [3.63, 3.8) is 0 Å². The summed E-state index contributed by atoms with van der Waals surface area (Å²) >= 11 is 2.83. The quantitative estimate of drug-likeness (QED) is 0.405. The van der Waals surface area contributed by atoms with Gasteiger partial charge in [0, 0.05) is 17.4 Å². The van der Waals surface area contributed by atoms with Crippen LogP contribution in [0.5, 0.6) is 5.75 Å². The molecule has 32 heavy (non-hydrogen) atoms. The van der Waals surface area contributed by atoms with Gasteiger partial charge in [0.1, 0.15) is 5.75 Å². The number of ether oxygens (including phenoxy) is 1. The van der Waals surface area contributed by atoms with Crippen LogP contribution in [0.2, 0.25) is 0 Å². The topological polar surface area (TPSA) is 73.2 Å². The minimum Gasteiger partial charge on any atom is -0.497 e. The Morgan fingerprint density at radius 2 is 1.94 bits per heavy atom. The highest BCUT2D eigenvalue weighted by atomic mass is 32.2. The maximum atomic E-state index is 13.3. The van der Waals surface area contributed by atoms with E-state index in [2.05, 4.69) is 19.2 Å². The zero-order valence-electron chi connectivity index (χ0n) is 18.3. The number of hydrogen-bond acceptors (Lipinski definition) is 6. The molecule has 0 fully saturated rings. The lowest BCUT2D eigenvalue weighted by molar-refractivity contribution is -0.113. The van der Waals surface area contributed by atoms with Crippen molar-refractivity contribution < 1.29 is 9.53 Å². The van der Waals surface area contributed by atoms with E-state index in [9.17, 15) is 9.59 Å². The number of methoxy groups -OCH3 is 1. The van der Waals surface area contributed by atoms with Gasteiger partial charge in [0.2, 0.25) is 5.91 Å². The van der Waals surface area contributed by atoms with Gasteiger partial charge in [0.15, 0.2) is 5.16 Å². The van der Waals surface area contributed by atoms with Gasteiger partial charge in [0.05, 0.1) is 29.1 Å². The zero-order valence-corrected chi connectivity index (χ0v) is 19.9. The van der Waals surface area contributed by atoms with Crippen LogP contribution in [0.25, 0.3) is 5.69 Å². The molecular weight excluding hydrogens is 442 g/mol. The fourth-order valence-corrected chi connectivity index (χ4v) is 5.43. The molecule has 0 saturated carbocycles. The molecule has 1 unspecified atom stereocenters. The molecule has 0 saturated heterocycles. The molecule has 0 radical (unpaired) electrons. The summed E-state index contributed by atoms with van der Waals surface area (Å²) < 4.78 is 6.83. The summed E-state index contributed by atoms with van der Waals surface area (Å²) in [5.74, 6) is 0.721. The molecule has 1 N–H and O–H groups in total. The first-order chi connectivity index (χ1) is 15.5. The van der Waals surface area contributed by atoms with Crippen molar-refractivity contribution in [3.8, 4) is 11.4 Å². The SMILES string of the molecule is CCc1ccc(NC(=O)CSc2nc3c(c(=O)n2-c2ccc(OC)cc2)SC(C)C3)cc1. The molecule has 0 spiro atoms. The first-order valence-corrected chi connectivity index (χ1v) is 12.3. The highest BCUT2D eigenvalue weighted by Crippen LogP contribution is 2.35. The van der Waals surface area contributed by atoms with Gasteiger partial charge in [-0.25, -0.2) is 4.98 Å². The molecule has 4 rings (SSSR count). The van der Waals surface area contributed by atoms with Crippen molar-refractivity contribution in [3.05, 3.63) is 70.1 Å². The number of carbonyl (C=O) groups excluding carboxylic acids is 1. The van der Waals surface area contributed by atoms with Crippen molar-refractivity contribution >= 4 is 35.1 Å². The average Bonchev–Trinajstić information content (AvgIpc) is 3.19. The van der Waals surface area contributed by atoms with Gasteiger partial charge in [-0.2, -0.15) is 0 Å². The number of hydrogen-bond donors (Lipinski definition) is 1. The molecule has 1 amide bonds. The molecule has 166 valence electrons. The van der Waals surface area contributed by atoms with E-state index in [4.69, 9.17) is 9.72 Å². The molecule has 8 heteroatoms. The molecule has 0 aliphatic carbocycles. The van der Waals surface area contributed by atoms with Gasteiger partial charge in [-0.1, -0.05) is 37.7 Å². The van der Waals surface area contributed by atoms with Crippen LogP contribution in [0.1, 0.15) is 25.1 Å². The maximum absolute atomic E-state index is 13.3. The lowest BCUT2D eigenvalue weighted by atomic mass is 10.1. The van der Waals surface area contributed by atoms with Crippen LogP contribution >= 0.6 is 23.5 Å². The standard InChI is InChI=1S/C24H25N3O3S2/c1-4-16-5-7-17(8-6-16)25-21(28)14-31-24-26-20-13-15(2)32-22(20)23(29)27(24)18-9-11-19(30-3)12-10-18/h5-12,15H,4,13-14H2,1-3H3,(H,25,28). The van der Waals surface area contributed by atoms with Gasteiger partial charge in [-0.15, -0.1) is 11.8 Å². The predicted molar refractivity (Wildman–Crippen MR) is 131 cm³/mol. The van der Waals surface area contributed by atoms with Crippen LogP contribution < -0.4 is 15.6 Å². The van der Waals surface area contributed by atoms with Crippen molar-refractivity contribution in [2.45, 2.75) is 42.0 Å². The number of aromatic nitrogens is 2. The van der Waals surface area contributed by atoms with Crippen LogP contribution in [0.4, 0.5) is 5.69 Å². The summed E-state index contributed by atoms with van der Waals surface area (Å²) in [6.45, 7) is 4.18. The van der Waals surface area contributed by atoms with Crippen LogP contribution in [0.15, 0.2) is 63.4 Å². The van der Waals surface area contributed by atoms with Gasteiger partial charge in [-0.3, -0.25) is 14.2 Å². The second-order valence-corrected chi connectivity index (χ2v) is 9.92. The Kier molecular flexibility index (Phi) is 6.91. The molecule has 1 aliphatic rings. The van der Waals surface area contributed by atoms with Gasteiger partial charge in [-0.05, 0) is 48.4 Å². The fraction of sp³-hybridized carbons (Fsp3) is 0.292. The summed E-state index contributed by atoms with van der Waals surface area (Å²) in [4.78, 5) is 31.4. The van der Waals surface area contributed by atoms with Crippen molar-refractivity contribution in [2.24, 2.45) is 0 Å². The Labute approximate surface area is 195 Å². The number of carbonyl (C=O) groups is 1. The van der Waals surface area contributed by atoms with E-state index < -0.39 is 0 Å². The van der Waals surface area contributed by atoms with Crippen LogP contribution in [-0.4, -0.2) is 33.6 Å². The van der Waals surface area contributed by atoms with E-state index in [0.717, 1.165) is 24.2 Å². The van der Waals surface area contributed by atoms with Crippen molar-refractivity contribution in [2.75, 3.05) is 18.2 Å². The van der Waals surface area contributed by atoms with E-state index in [1.807, 2.05) is 48.5 Å². The van der Waals surface area contributed by atoms with E-state index >= 15 is 0 Å². The van der Waals surface area contributed by atoms with Crippen molar-refractivity contribution in [1.82, 2.24) is 9.55 Å². The number of thioether (sulfide) groups is 2. The monoisotopic (exact) mass is 467 g/mol. The first kappa shape index (κ1) is 22.5. The largest absolute Gasteiger partial charge is 0.497 e. The van der Waals surface area contributed by atoms with Crippen LogP contribution in [0, 0.1) is 0 Å². The molecule has 1 atom stereocenters. The van der Waals surface area contributed by atoms with Gasteiger partial charge < -0.3 is 10.1 Å². The molecule has 1 aromatic heterocycles. The molecular formula is C24H25N3O3S2. The second-order valence-electron chi connectivity index (χ2n) is 7.53. The number of fused-ring (bicyclic) bond motifs is 1. The molecule has 2 heterocycles. The Bertz CT molecular complexity index is 1170. The number of anilines is 1. The highest BCUT2D eigenvalue weighted by molar-refractivity contribution is 8.00. The smallest absolute Gasteiger partial charge is 0.272 e. The molecule has 1 aliphatic heterocycles. The normalized spacial score (nSPS) is 14.8. The summed E-state index contributed by atoms with van der Waals surface area (Å²) in [5.41, 5.74) is 3.40. The van der Waals surface area contributed by atoms with E-state index in [1.165, 1.54) is 17.3 Å². The number of aryl methyl sites for hydroxylation is 1. The third-order valence-corrected chi connectivity index (χ3v) is 7.34. The van der Waals surface area contributed by atoms with Crippen molar-refractivity contribution in [1.29, 1.82) is 0 Å². The zero-order chi connectivity index (χ0) is 22.7. The van der Waals surface area contributed by atoms with E-state index in [1.54, 1.807) is 23.4 Å². The van der Waals surface area contributed by atoms with Gasteiger partial charge in [0.25, 0.3) is 5.56 Å². The Morgan fingerprint density at radius 1 is 1.22 bits per heavy atom. The van der Waals surface area contributed by atoms with Crippen LogP contribution in [0.3, 0.4) is 0 Å². The number of nitrogens with zero attached hydrogens (tertiary/aromatic N) is 2. The van der Waals surface area contributed by atoms with Gasteiger partial charge >= 0.3 is 0 Å². The highest BCUT2D eigenvalue weighted by Gasteiger charge is 2.27. The number of amides is 1. The molecule has 2 aromatic carbocycles. The summed E-state index contributed by atoms with van der Waals surface area (Å²) in [7, 11) is 1.60. The predicted octanol–water partition coefficient (Wildman–Crippen LogP) is 4.57. The minimum atomic E-state index is -0.141. The minimum absolute atomic E-state index is 0.0902. The first-order valence-electron chi connectivity index (χ1n) is 10.5. The Balaban J connectivity index is 1.59. The second kappa shape index (κ2) is 9.83. The summed E-state index contributed by atoms with van der Waals surface area (Å²) in [6.07, 6.45) is 1.70. The number of benzene rings is 2. The molecule has 6 nitrogen and oxygen atoms in total. The molecule has 3 aromatic rings. The molecule has 0 bridgehead atoms. The third kappa shape index (κ3) is 4.86. The number of rotatable bonds is 7. The summed E-state index contributed by atoms with van der Waals surface area (Å²) in [6, 6.07) is 15.1. The van der Waals surface area contributed by atoms with E-state index in [-0.39, 0.29) is 17.2 Å². The lowest BCUT2D eigenvalue weighted by Gasteiger charge is -2.14. The Hall–Kier alpha value is -2.71. The van der Waals surface area contributed by atoms with Crippen LogP contribution in [-0.2, 0) is 17.6 Å². The number of nitrogens with one attached hydrogen (secondary N) is 1. The lowest BCUT2D eigenvalue weighted by Crippen LogP contribution is -2.24. The Morgan fingerprint density at radius 3 is 2.59 bits per heavy atom.